The molecule has 0 saturated heterocycles. The fraction of sp³-hybridized carbons (Fsp3) is 0.550. The Balaban J connectivity index is 3.81. The van der Waals surface area contributed by atoms with Crippen molar-refractivity contribution in [3.8, 4) is 0 Å². The maximum absolute atomic E-state index is 10.4. The summed E-state index contributed by atoms with van der Waals surface area (Å²) in [5.41, 5.74) is 0. The fourth-order valence-electron chi connectivity index (χ4n) is 2.03. The molecular weight excluding hydrogens is 304 g/mol. The van der Waals surface area contributed by atoms with Crippen LogP contribution in [-0.4, -0.2) is 22.4 Å². The van der Waals surface area contributed by atoms with Crippen LogP contribution < -0.4 is 0 Å². The lowest BCUT2D eigenvalue weighted by atomic mass is 10.1. The zero-order chi connectivity index (χ0) is 17.9. The Bertz CT molecular complexity index is 408. The first-order valence-electron chi connectivity index (χ1n) is 8.86. The summed E-state index contributed by atoms with van der Waals surface area (Å²) in [6.07, 6.45) is 23.4. The predicted octanol–water partition coefficient (Wildman–Crippen LogP) is 5.68. The summed E-state index contributed by atoms with van der Waals surface area (Å²) < 4.78 is 0. The van der Waals surface area contributed by atoms with E-state index in [2.05, 4.69) is 30.0 Å². The molecule has 0 aromatic carbocycles. The molecule has 0 amide bonds. The van der Waals surface area contributed by atoms with Gasteiger partial charge >= 0.3 is 5.97 Å². The third-order valence-corrected chi connectivity index (χ3v) is 3.42. The highest BCUT2D eigenvalue weighted by molar-refractivity contribution is 5.66. The van der Waals surface area contributed by atoms with Gasteiger partial charge in [-0.2, -0.15) is 0 Å². The van der Waals surface area contributed by atoms with E-state index < -0.39 is 5.97 Å². The molecule has 24 heavy (non-hydrogen) atoms. The van der Waals surface area contributed by atoms with Crippen LogP contribution in [-0.2, 0) is 9.68 Å². The lowest BCUT2D eigenvalue weighted by molar-refractivity contribution is -0.264. The maximum atomic E-state index is 10.4. The van der Waals surface area contributed by atoms with Crippen molar-refractivity contribution < 1.29 is 20.0 Å². The molecule has 0 aromatic heterocycles. The number of unbranched alkanes of at least 4 members (excludes halogenated alkanes) is 4. The summed E-state index contributed by atoms with van der Waals surface area (Å²) >= 11 is 0. The van der Waals surface area contributed by atoms with Crippen molar-refractivity contribution in [1.82, 2.24) is 0 Å². The van der Waals surface area contributed by atoms with Crippen molar-refractivity contribution >= 4 is 5.97 Å². The topological polar surface area (TPSA) is 66.8 Å². The van der Waals surface area contributed by atoms with E-state index in [1.54, 1.807) is 6.08 Å². The first-order chi connectivity index (χ1) is 11.7. The molecule has 0 aliphatic carbocycles. The van der Waals surface area contributed by atoms with Gasteiger partial charge < -0.3 is 5.11 Å². The third kappa shape index (κ3) is 16.7. The minimum atomic E-state index is -0.773. The van der Waals surface area contributed by atoms with Crippen molar-refractivity contribution in [2.24, 2.45) is 0 Å². The molecule has 0 rings (SSSR count). The van der Waals surface area contributed by atoms with Gasteiger partial charge in [-0.15, -0.1) is 0 Å². The van der Waals surface area contributed by atoms with Crippen molar-refractivity contribution in [2.45, 2.75) is 70.8 Å². The van der Waals surface area contributed by atoms with Gasteiger partial charge in [-0.1, -0.05) is 68.4 Å². The van der Waals surface area contributed by atoms with Gasteiger partial charge in [-0.05, 0) is 38.5 Å². The Morgan fingerprint density at radius 3 is 2.46 bits per heavy atom. The minimum absolute atomic E-state index is 0.183. The number of carboxylic acids is 1. The quantitative estimate of drug-likeness (QED) is 0.133. The Labute approximate surface area is 146 Å². The fourth-order valence-corrected chi connectivity index (χ4v) is 2.03. The lowest BCUT2D eigenvalue weighted by Crippen LogP contribution is -2.04. The number of carboxylic acid groups (broad SMARTS) is 1. The summed E-state index contributed by atoms with van der Waals surface area (Å²) in [4.78, 5) is 14.8. The molecule has 0 saturated carbocycles. The van der Waals surface area contributed by atoms with Crippen LogP contribution >= 0.6 is 0 Å². The molecule has 4 nitrogen and oxygen atoms in total. The first kappa shape index (κ1) is 22.4. The molecule has 0 aromatic rings. The number of hydrogen-bond acceptors (Lipinski definition) is 3. The Hall–Kier alpha value is -1.65. The number of carbonyl (C=O) groups is 1. The van der Waals surface area contributed by atoms with Crippen LogP contribution in [0, 0.1) is 0 Å². The smallest absolute Gasteiger partial charge is 0.303 e. The van der Waals surface area contributed by atoms with Crippen LogP contribution in [0.1, 0.15) is 64.7 Å². The molecular formula is C20H32O4. The molecule has 0 unspecified atom stereocenters. The second-order valence-electron chi connectivity index (χ2n) is 5.65. The van der Waals surface area contributed by atoms with Crippen LogP contribution in [0.2, 0.25) is 0 Å². The van der Waals surface area contributed by atoms with E-state index in [-0.39, 0.29) is 12.5 Å². The molecule has 4 heteroatoms. The average Bonchev–Trinajstić information content (AvgIpc) is 2.57. The molecule has 0 spiro atoms. The molecule has 0 fully saturated rings. The Morgan fingerprint density at radius 2 is 1.75 bits per heavy atom. The summed E-state index contributed by atoms with van der Waals surface area (Å²) in [6, 6.07) is 0. The van der Waals surface area contributed by atoms with Crippen molar-refractivity contribution in [2.75, 3.05) is 0 Å². The van der Waals surface area contributed by atoms with Gasteiger partial charge in [0.05, 0.1) is 0 Å². The molecule has 1 atom stereocenters. The first-order valence-corrected chi connectivity index (χ1v) is 8.86. The van der Waals surface area contributed by atoms with E-state index in [1.165, 1.54) is 19.3 Å². The summed E-state index contributed by atoms with van der Waals surface area (Å²) in [5.74, 6) is -0.773. The second-order valence-corrected chi connectivity index (χ2v) is 5.65. The van der Waals surface area contributed by atoms with Crippen LogP contribution in [0.4, 0.5) is 0 Å². The van der Waals surface area contributed by atoms with Crippen molar-refractivity contribution in [3.05, 3.63) is 48.6 Å². The van der Waals surface area contributed by atoms with Gasteiger partial charge in [0.15, 0.2) is 0 Å². The predicted molar refractivity (Wildman–Crippen MR) is 98.9 cm³/mol. The Morgan fingerprint density at radius 1 is 1.00 bits per heavy atom. The van der Waals surface area contributed by atoms with Gasteiger partial charge in [0.25, 0.3) is 0 Å². The lowest BCUT2D eigenvalue weighted by Gasteiger charge is -2.04. The molecule has 2 N–H and O–H groups in total. The highest BCUT2D eigenvalue weighted by Gasteiger charge is 2.00. The molecule has 0 bridgehead atoms. The van der Waals surface area contributed by atoms with Gasteiger partial charge in [0.1, 0.15) is 6.10 Å². The zero-order valence-electron chi connectivity index (χ0n) is 14.8. The monoisotopic (exact) mass is 336 g/mol. The van der Waals surface area contributed by atoms with E-state index in [9.17, 15) is 4.79 Å². The molecule has 0 heterocycles. The molecule has 0 aliphatic rings. The van der Waals surface area contributed by atoms with E-state index in [0.717, 1.165) is 19.3 Å². The van der Waals surface area contributed by atoms with E-state index >= 15 is 0 Å². The van der Waals surface area contributed by atoms with Gasteiger partial charge in [-0.3, -0.25) is 10.1 Å². The largest absolute Gasteiger partial charge is 0.481 e. The highest BCUT2D eigenvalue weighted by Crippen LogP contribution is 2.04. The van der Waals surface area contributed by atoms with Crippen LogP contribution in [0.15, 0.2) is 48.6 Å². The SMILES string of the molecule is CCCCC/C=C/C/C=C/C=C/[C@@H](C/C=C/CCCC(=O)O)OO. The van der Waals surface area contributed by atoms with Crippen molar-refractivity contribution in [3.63, 3.8) is 0 Å². The van der Waals surface area contributed by atoms with E-state index in [0.29, 0.717) is 12.8 Å². The van der Waals surface area contributed by atoms with Crippen LogP contribution in [0.25, 0.3) is 0 Å². The van der Waals surface area contributed by atoms with Crippen molar-refractivity contribution in [1.29, 1.82) is 0 Å². The normalized spacial score (nSPS) is 13.8. The van der Waals surface area contributed by atoms with E-state index in [4.69, 9.17) is 10.4 Å². The molecule has 136 valence electrons. The average molecular weight is 336 g/mol. The van der Waals surface area contributed by atoms with Gasteiger partial charge in [-0.25, -0.2) is 4.89 Å². The van der Waals surface area contributed by atoms with E-state index in [1.807, 2.05) is 24.3 Å². The Kier molecular flexibility index (Phi) is 16.5. The van der Waals surface area contributed by atoms with Crippen LogP contribution in [0.5, 0.6) is 0 Å². The number of aliphatic carboxylic acids is 1. The molecule has 0 radical (unpaired) electrons. The standard InChI is InChI=1S/C20H32O4/c1-2-3-4-5-6-7-8-9-10-13-16-19(24-23)17-14-11-12-15-18-20(21)22/h6-7,9-11,13-14,16,19,23H,2-5,8,12,15,17-18H2,1H3,(H,21,22)/b7-6+,10-9+,14-11+,16-13+/t19-/m0/s1. The van der Waals surface area contributed by atoms with Crippen LogP contribution in [0.3, 0.4) is 0 Å². The summed E-state index contributed by atoms with van der Waals surface area (Å²) in [5, 5.41) is 17.4. The number of hydrogen-bond donors (Lipinski definition) is 2. The number of rotatable bonds is 15. The van der Waals surface area contributed by atoms with Gasteiger partial charge in [0, 0.05) is 6.42 Å². The summed E-state index contributed by atoms with van der Waals surface area (Å²) in [6.45, 7) is 2.21. The minimum Gasteiger partial charge on any atom is -0.481 e. The maximum Gasteiger partial charge on any atom is 0.303 e. The number of allylic oxidation sites excluding steroid dienone is 6. The summed E-state index contributed by atoms with van der Waals surface area (Å²) in [7, 11) is 0. The second kappa shape index (κ2) is 17.7. The third-order valence-electron chi connectivity index (χ3n) is 3.42. The van der Waals surface area contributed by atoms with Gasteiger partial charge in [0.2, 0.25) is 0 Å². The highest BCUT2D eigenvalue weighted by atomic mass is 17.1. The molecule has 0 aliphatic heterocycles. The zero-order valence-corrected chi connectivity index (χ0v) is 14.8.